The van der Waals surface area contributed by atoms with Crippen LogP contribution in [0.15, 0.2) is 29.3 Å². The highest BCUT2D eigenvalue weighted by Gasteiger charge is 2.42. The van der Waals surface area contributed by atoms with Crippen LogP contribution in [0.5, 0.6) is 0 Å². The van der Waals surface area contributed by atoms with Gasteiger partial charge in [-0.3, -0.25) is 9.59 Å². The third kappa shape index (κ3) is 4.75. The van der Waals surface area contributed by atoms with Crippen LogP contribution in [0, 0.1) is 0 Å². The van der Waals surface area contributed by atoms with Crippen molar-refractivity contribution in [2.45, 2.75) is 24.2 Å². The fourth-order valence-corrected chi connectivity index (χ4v) is 7.30. The molecule has 0 spiro atoms. The summed E-state index contributed by atoms with van der Waals surface area (Å²) in [5.74, 6) is -0.709. The number of aromatic nitrogens is 2. The highest BCUT2D eigenvalue weighted by atomic mass is 35.5. The highest BCUT2D eigenvalue weighted by molar-refractivity contribution is 7.89. The number of thiazole rings is 1. The van der Waals surface area contributed by atoms with Gasteiger partial charge in [0.25, 0.3) is 15.9 Å². The number of nitrogens with zero attached hydrogens (tertiary/aromatic N) is 6. The minimum atomic E-state index is -3.96. The number of carbonyl (C=O) groups excluding carboxylic acids is 2. The molecule has 1 saturated heterocycles. The minimum Gasteiger partial charge on any atom is -0.347 e. The molecule has 1 N–H and O–H groups in total. The second-order valence-electron chi connectivity index (χ2n) is 9.50. The number of aromatic amines is 1. The predicted molar refractivity (Wildman–Crippen MR) is 141 cm³/mol. The van der Waals surface area contributed by atoms with Gasteiger partial charge in [0, 0.05) is 75.2 Å². The van der Waals surface area contributed by atoms with Gasteiger partial charge in [0.1, 0.15) is 11.1 Å². The van der Waals surface area contributed by atoms with E-state index in [9.17, 15) is 18.0 Å². The van der Waals surface area contributed by atoms with Crippen molar-refractivity contribution in [1.82, 2.24) is 34.1 Å². The van der Waals surface area contributed by atoms with Gasteiger partial charge in [-0.25, -0.2) is 23.4 Å². The summed E-state index contributed by atoms with van der Waals surface area (Å²) in [6.45, 7) is 1.21. The number of fused-ring (bicyclic) bond motifs is 2. The van der Waals surface area contributed by atoms with Crippen molar-refractivity contribution in [3.63, 3.8) is 0 Å². The molecule has 0 radical (unpaired) electrons. The smallest absolute Gasteiger partial charge is 0.283 e. The van der Waals surface area contributed by atoms with Crippen LogP contribution in [0.4, 0.5) is 0 Å². The number of nitrogens with one attached hydrogen (secondary N) is 1. The van der Waals surface area contributed by atoms with Crippen molar-refractivity contribution in [3.05, 3.63) is 44.9 Å². The Morgan fingerprint density at radius 3 is 2.59 bits per heavy atom. The number of sulfonamides is 1. The lowest BCUT2D eigenvalue weighted by molar-refractivity contribution is -0.134. The van der Waals surface area contributed by atoms with E-state index < -0.39 is 16.1 Å². The van der Waals surface area contributed by atoms with Crippen molar-refractivity contribution >= 4 is 55.7 Å². The number of H-pyrrole nitrogens is 1. The second-order valence-corrected chi connectivity index (χ2v) is 12.9. The average Bonchev–Trinajstić information content (AvgIpc) is 3.47. The van der Waals surface area contributed by atoms with E-state index in [0.29, 0.717) is 34.0 Å². The van der Waals surface area contributed by atoms with Crippen LogP contribution in [0.1, 0.15) is 20.4 Å². The Hall–Kier alpha value is -2.55. The molecule has 198 valence electrons. The second kappa shape index (κ2) is 9.64. The number of piperazine rings is 1. The zero-order valence-corrected chi connectivity index (χ0v) is 23.3. The van der Waals surface area contributed by atoms with Crippen molar-refractivity contribution in [2.75, 3.05) is 47.8 Å². The van der Waals surface area contributed by atoms with Gasteiger partial charge < -0.3 is 14.8 Å². The van der Waals surface area contributed by atoms with Crippen LogP contribution in [0.3, 0.4) is 0 Å². The fraction of sp³-hybridized carbons (Fsp3) is 0.435. The Kier molecular flexibility index (Phi) is 6.79. The quantitative estimate of drug-likeness (QED) is 0.512. The minimum absolute atomic E-state index is 0.0152. The van der Waals surface area contributed by atoms with Gasteiger partial charge >= 0.3 is 0 Å². The maximum Gasteiger partial charge on any atom is 0.283 e. The lowest BCUT2D eigenvalue weighted by atomic mass is 10.1. The number of benzene rings is 1. The summed E-state index contributed by atoms with van der Waals surface area (Å²) >= 11 is 7.38. The Labute approximate surface area is 224 Å². The molecule has 2 aliphatic rings. The maximum absolute atomic E-state index is 13.6. The number of likely N-dealkylation sites (N-methyl/N-ethyl adjacent to an activating group) is 1. The third-order valence-corrected chi connectivity index (χ3v) is 9.89. The van der Waals surface area contributed by atoms with Gasteiger partial charge in [-0.1, -0.05) is 11.6 Å². The van der Waals surface area contributed by atoms with Crippen LogP contribution >= 0.6 is 22.9 Å². The molecule has 0 bridgehead atoms. The molecule has 2 amide bonds. The third-order valence-electron chi connectivity index (χ3n) is 6.80. The molecule has 1 aromatic carbocycles. The molecule has 3 aromatic rings. The normalized spacial score (nSPS) is 19.8. The highest BCUT2D eigenvalue weighted by Crippen LogP contribution is 2.29. The first-order valence-electron chi connectivity index (χ1n) is 11.7. The monoisotopic (exact) mass is 565 g/mol. The standard InChI is InChI=1S/C23H28ClN7O4S2/c1-27(2)22(32)18-12-30(37(34,35)20-10-14-9-15(24)5-6-16(14)25-20)7-8-31(18)23(33)21-26-17-11-28(3)29(4)13-19(17)36-21/h5-6,9-10,18,25H,7-8,11-13H2,1-4H3. The van der Waals surface area contributed by atoms with Gasteiger partial charge in [0.05, 0.1) is 12.2 Å². The summed E-state index contributed by atoms with van der Waals surface area (Å²) < 4.78 is 28.3. The lowest BCUT2D eigenvalue weighted by Gasteiger charge is -2.40. The molecular weight excluding hydrogens is 538 g/mol. The summed E-state index contributed by atoms with van der Waals surface area (Å²) in [7, 11) is 3.15. The molecule has 14 heteroatoms. The zero-order valence-electron chi connectivity index (χ0n) is 20.9. The number of hydrogen-bond donors (Lipinski definition) is 1. The Morgan fingerprint density at radius 1 is 1.14 bits per heavy atom. The van der Waals surface area contributed by atoms with Crippen molar-refractivity contribution < 1.29 is 18.0 Å². The Balaban J connectivity index is 1.42. The summed E-state index contributed by atoms with van der Waals surface area (Å²) in [6.07, 6.45) is 0. The van der Waals surface area contributed by atoms with E-state index in [2.05, 4.69) is 15.0 Å². The molecule has 37 heavy (non-hydrogen) atoms. The van der Waals surface area contributed by atoms with Crippen LogP contribution in [0.2, 0.25) is 5.02 Å². The van der Waals surface area contributed by atoms with E-state index in [1.165, 1.54) is 31.5 Å². The van der Waals surface area contributed by atoms with Gasteiger partial charge in [-0.05, 0) is 24.3 Å². The predicted octanol–water partition coefficient (Wildman–Crippen LogP) is 1.67. The molecular formula is C23H28ClN7O4S2. The number of hydrazine groups is 1. The first kappa shape index (κ1) is 26.1. The van der Waals surface area contributed by atoms with E-state index in [0.717, 1.165) is 10.6 Å². The van der Waals surface area contributed by atoms with E-state index in [1.54, 1.807) is 32.3 Å². The van der Waals surface area contributed by atoms with Crippen LogP contribution in [-0.2, 0) is 27.9 Å². The maximum atomic E-state index is 13.6. The molecule has 1 fully saturated rings. The Morgan fingerprint density at radius 2 is 1.86 bits per heavy atom. The number of hydrogen-bond acceptors (Lipinski definition) is 8. The molecule has 2 aliphatic heterocycles. The van der Waals surface area contributed by atoms with Crippen LogP contribution < -0.4 is 0 Å². The topological polar surface area (TPSA) is 113 Å². The lowest BCUT2D eigenvalue weighted by Crippen LogP contribution is -2.61. The summed E-state index contributed by atoms with van der Waals surface area (Å²) in [4.78, 5) is 38.1. The van der Waals surface area contributed by atoms with Gasteiger partial charge in [0.2, 0.25) is 5.91 Å². The molecule has 0 aliphatic carbocycles. The molecule has 2 aromatic heterocycles. The zero-order chi connectivity index (χ0) is 26.6. The summed E-state index contributed by atoms with van der Waals surface area (Å²) in [5.41, 5.74) is 1.49. The first-order chi connectivity index (χ1) is 17.5. The first-order valence-corrected chi connectivity index (χ1v) is 14.3. The molecule has 11 nitrogen and oxygen atoms in total. The van der Waals surface area contributed by atoms with Gasteiger partial charge in [-0.2, -0.15) is 4.31 Å². The average molecular weight is 566 g/mol. The summed E-state index contributed by atoms with van der Waals surface area (Å²) in [5, 5.41) is 5.58. The Bertz CT molecular complexity index is 1460. The van der Waals surface area contributed by atoms with Gasteiger partial charge in [-0.15, -0.1) is 11.3 Å². The van der Waals surface area contributed by atoms with E-state index in [-0.39, 0.29) is 36.5 Å². The SMILES string of the molecule is CN(C)C(=O)C1CN(S(=O)(=O)c2cc3cc(Cl)ccc3[nH]2)CCN1C(=O)c1nc2c(s1)CN(C)N(C)C2. The van der Waals surface area contributed by atoms with E-state index in [1.807, 2.05) is 19.1 Å². The van der Waals surface area contributed by atoms with Crippen LogP contribution in [0.25, 0.3) is 10.9 Å². The molecule has 5 rings (SSSR count). The van der Waals surface area contributed by atoms with Gasteiger partial charge in [0.15, 0.2) is 5.01 Å². The van der Waals surface area contributed by atoms with Crippen molar-refractivity contribution in [3.8, 4) is 0 Å². The molecule has 1 unspecified atom stereocenters. The van der Waals surface area contributed by atoms with E-state index >= 15 is 0 Å². The molecule has 0 saturated carbocycles. The molecule has 1 atom stereocenters. The largest absolute Gasteiger partial charge is 0.347 e. The number of amides is 2. The number of halogens is 1. The van der Waals surface area contributed by atoms with Crippen molar-refractivity contribution in [1.29, 1.82) is 0 Å². The number of carbonyl (C=O) groups is 2. The fourth-order valence-electron chi connectivity index (χ4n) is 4.59. The van der Waals surface area contributed by atoms with Crippen molar-refractivity contribution in [2.24, 2.45) is 0 Å². The number of rotatable bonds is 4. The van der Waals surface area contributed by atoms with E-state index in [4.69, 9.17) is 11.6 Å². The summed E-state index contributed by atoms with van der Waals surface area (Å²) in [6, 6.07) is 5.64. The molecule has 4 heterocycles. The van der Waals surface area contributed by atoms with Crippen LogP contribution in [-0.4, -0.2) is 108 Å².